The van der Waals surface area contributed by atoms with Crippen LogP contribution in [0.2, 0.25) is 5.15 Å². The summed E-state index contributed by atoms with van der Waals surface area (Å²) in [6, 6.07) is 1.83. The molecule has 0 radical (unpaired) electrons. The zero-order valence-corrected chi connectivity index (χ0v) is 21.3. The summed E-state index contributed by atoms with van der Waals surface area (Å²) >= 11 is 7.53. The quantitative estimate of drug-likeness (QED) is 0.313. The van der Waals surface area contributed by atoms with Crippen LogP contribution >= 0.6 is 23.4 Å². The van der Waals surface area contributed by atoms with Crippen LogP contribution in [0.4, 0.5) is 5.82 Å². The molecule has 1 unspecified atom stereocenters. The van der Waals surface area contributed by atoms with Crippen molar-refractivity contribution in [2.24, 2.45) is 5.92 Å². The Morgan fingerprint density at radius 2 is 2.00 bits per heavy atom. The van der Waals surface area contributed by atoms with Crippen molar-refractivity contribution in [2.75, 3.05) is 69.7 Å². The van der Waals surface area contributed by atoms with Crippen molar-refractivity contribution in [1.29, 1.82) is 0 Å². The molecule has 3 heterocycles. The van der Waals surface area contributed by atoms with E-state index in [0.29, 0.717) is 48.8 Å². The van der Waals surface area contributed by atoms with Crippen LogP contribution in [0.15, 0.2) is 11.2 Å². The highest BCUT2D eigenvalue weighted by atomic mass is 35.5. The van der Waals surface area contributed by atoms with Crippen LogP contribution in [0, 0.1) is 5.92 Å². The van der Waals surface area contributed by atoms with Gasteiger partial charge in [0, 0.05) is 64.3 Å². The lowest BCUT2D eigenvalue weighted by molar-refractivity contribution is -0.134. The predicted octanol–water partition coefficient (Wildman–Crippen LogP) is 1.75. The van der Waals surface area contributed by atoms with Crippen molar-refractivity contribution in [3.05, 3.63) is 11.2 Å². The number of halogens is 1. The lowest BCUT2D eigenvalue weighted by Gasteiger charge is -2.40. The van der Waals surface area contributed by atoms with Crippen LogP contribution < -0.4 is 10.2 Å². The van der Waals surface area contributed by atoms with Gasteiger partial charge in [0.25, 0.3) is 0 Å². The summed E-state index contributed by atoms with van der Waals surface area (Å²) in [7, 11) is 0. The molecule has 1 aromatic rings. The maximum Gasteiger partial charge on any atom is 0.230 e. The summed E-state index contributed by atoms with van der Waals surface area (Å²) in [5.41, 5.74) is 0. The first-order valence-corrected chi connectivity index (χ1v) is 13.0. The fourth-order valence-corrected chi connectivity index (χ4v) is 4.89. The maximum atomic E-state index is 12.5. The molecule has 1 aromatic heterocycles. The van der Waals surface area contributed by atoms with Gasteiger partial charge in [0.05, 0.1) is 19.0 Å². The fourth-order valence-electron chi connectivity index (χ4n) is 3.97. The van der Waals surface area contributed by atoms with Crippen molar-refractivity contribution in [3.8, 4) is 0 Å². The van der Waals surface area contributed by atoms with Gasteiger partial charge < -0.3 is 19.9 Å². The minimum atomic E-state index is -0.0516. The van der Waals surface area contributed by atoms with Crippen LogP contribution in [0.5, 0.6) is 0 Å². The summed E-state index contributed by atoms with van der Waals surface area (Å²) < 4.78 is 5.34. The number of hydrogen-bond acceptors (Lipinski definition) is 8. The van der Waals surface area contributed by atoms with E-state index in [9.17, 15) is 9.59 Å². The summed E-state index contributed by atoms with van der Waals surface area (Å²) in [6.07, 6.45) is 0.568. The molecule has 2 saturated heterocycles. The zero-order chi connectivity index (χ0) is 23.8. The van der Waals surface area contributed by atoms with Gasteiger partial charge in [0.2, 0.25) is 11.8 Å². The molecule has 2 amide bonds. The lowest BCUT2D eigenvalue weighted by atomic mass is 10.1. The fraction of sp³-hybridized carbons (Fsp3) is 0.727. The van der Waals surface area contributed by atoms with Crippen LogP contribution in [-0.2, 0) is 14.3 Å². The molecular weight excluding hydrogens is 464 g/mol. The number of aromatic nitrogens is 2. The van der Waals surface area contributed by atoms with E-state index in [1.54, 1.807) is 6.07 Å². The number of rotatable bonds is 9. The smallest absolute Gasteiger partial charge is 0.230 e. The molecule has 2 fully saturated rings. The number of carbonyl (C=O) groups excluding carboxylic acids is 2. The van der Waals surface area contributed by atoms with Gasteiger partial charge in [-0.1, -0.05) is 37.2 Å². The molecule has 11 heteroatoms. The molecule has 0 spiro atoms. The number of nitrogens with one attached hydrogen (secondary N) is 1. The minimum absolute atomic E-state index is 0.0516. The Morgan fingerprint density at radius 1 is 1.24 bits per heavy atom. The summed E-state index contributed by atoms with van der Waals surface area (Å²) in [5.74, 6) is 1.46. The number of thioether (sulfide) groups is 1. The van der Waals surface area contributed by atoms with E-state index >= 15 is 0 Å². The van der Waals surface area contributed by atoms with Crippen LogP contribution in [-0.4, -0.2) is 102 Å². The van der Waals surface area contributed by atoms with Gasteiger partial charge >= 0.3 is 0 Å². The zero-order valence-electron chi connectivity index (χ0n) is 19.8. The normalized spacial score (nSPS) is 19.7. The number of carbonyl (C=O) groups is 2. The summed E-state index contributed by atoms with van der Waals surface area (Å²) in [5, 5.41) is 3.78. The highest BCUT2D eigenvalue weighted by Crippen LogP contribution is 2.24. The third kappa shape index (κ3) is 8.27. The van der Waals surface area contributed by atoms with Gasteiger partial charge in [-0.2, -0.15) is 0 Å². The van der Waals surface area contributed by atoms with E-state index < -0.39 is 0 Å². The Bertz CT molecular complexity index is 808. The monoisotopic (exact) mass is 498 g/mol. The van der Waals surface area contributed by atoms with E-state index in [2.05, 4.69) is 45.9 Å². The van der Waals surface area contributed by atoms with Gasteiger partial charge in [-0.15, -0.1) is 0 Å². The third-order valence-corrected chi connectivity index (χ3v) is 6.74. The van der Waals surface area contributed by atoms with Crippen molar-refractivity contribution < 1.29 is 14.3 Å². The predicted molar refractivity (Wildman–Crippen MR) is 131 cm³/mol. The van der Waals surface area contributed by atoms with Crippen molar-refractivity contribution in [2.45, 2.75) is 38.4 Å². The van der Waals surface area contributed by atoms with Crippen LogP contribution in [0.3, 0.4) is 0 Å². The molecule has 184 valence electrons. The number of nitrogens with zero attached hydrogens (tertiary/aromatic N) is 5. The number of morpholine rings is 1. The molecule has 1 atom stereocenters. The van der Waals surface area contributed by atoms with Crippen LogP contribution in [0.1, 0.15) is 27.2 Å². The molecular formula is C22H35ClN6O3S. The molecule has 3 rings (SSSR count). The first kappa shape index (κ1) is 26.0. The summed E-state index contributed by atoms with van der Waals surface area (Å²) in [4.78, 5) is 40.0. The van der Waals surface area contributed by atoms with Crippen LogP contribution in [0.25, 0.3) is 0 Å². The average molecular weight is 499 g/mol. The lowest BCUT2D eigenvalue weighted by Crippen LogP contribution is -2.54. The second kappa shape index (κ2) is 12.7. The van der Waals surface area contributed by atoms with Crippen molar-refractivity contribution in [3.63, 3.8) is 0 Å². The first-order valence-electron chi connectivity index (χ1n) is 11.6. The molecule has 9 nitrogen and oxygen atoms in total. The Balaban J connectivity index is 1.48. The number of amides is 2. The number of ether oxygens (including phenoxy) is 1. The molecule has 2 aliphatic rings. The Labute approximate surface area is 205 Å². The third-order valence-electron chi connectivity index (χ3n) is 5.70. The Hall–Kier alpha value is -1.62. The molecule has 0 aliphatic carbocycles. The van der Waals surface area contributed by atoms with Crippen molar-refractivity contribution >= 4 is 41.0 Å². The van der Waals surface area contributed by atoms with E-state index in [0.717, 1.165) is 38.7 Å². The number of anilines is 1. The van der Waals surface area contributed by atoms with Gasteiger partial charge in [-0.05, 0) is 12.8 Å². The highest BCUT2D eigenvalue weighted by Gasteiger charge is 2.28. The Morgan fingerprint density at radius 3 is 2.70 bits per heavy atom. The first-order chi connectivity index (χ1) is 15.8. The molecule has 0 saturated carbocycles. The molecule has 0 aromatic carbocycles. The van der Waals surface area contributed by atoms with E-state index in [1.807, 2.05) is 4.90 Å². The molecule has 0 bridgehead atoms. The number of hydrogen-bond donors (Lipinski definition) is 1. The molecule has 33 heavy (non-hydrogen) atoms. The van der Waals surface area contributed by atoms with Gasteiger partial charge in [-0.25, -0.2) is 9.97 Å². The summed E-state index contributed by atoms with van der Waals surface area (Å²) in [6.45, 7) is 13.0. The van der Waals surface area contributed by atoms with E-state index in [-0.39, 0.29) is 23.6 Å². The van der Waals surface area contributed by atoms with Gasteiger partial charge in [0.15, 0.2) is 5.16 Å². The number of piperazine rings is 1. The van der Waals surface area contributed by atoms with Gasteiger partial charge in [0.1, 0.15) is 11.0 Å². The molecule has 1 N–H and O–H groups in total. The Kier molecular flexibility index (Phi) is 10.0. The topological polar surface area (TPSA) is 90.9 Å². The standard InChI is InChI=1S/C22H35ClN6O3S/c1-16(2)12-21(31)29-7-6-28(14-17(29)3)19-13-18(23)25-22(26-19)33-15-20(30)24-4-5-27-8-10-32-11-9-27/h13,16-17H,4-12,14-15H2,1-3H3,(H,24,30). The maximum absolute atomic E-state index is 12.5. The largest absolute Gasteiger partial charge is 0.379 e. The molecule has 2 aliphatic heterocycles. The minimum Gasteiger partial charge on any atom is -0.379 e. The van der Waals surface area contributed by atoms with E-state index in [1.165, 1.54) is 11.8 Å². The van der Waals surface area contributed by atoms with E-state index in [4.69, 9.17) is 16.3 Å². The van der Waals surface area contributed by atoms with Gasteiger partial charge in [-0.3, -0.25) is 14.5 Å². The van der Waals surface area contributed by atoms with Crippen molar-refractivity contribution in [1.82, 2.24) is 25.1 Å². The SMILES string of the molecule is CC(C)CC(=O)N1CCN(c2cc(Cl)nc(SCC(=O)NCCN3CCOCC3)n2)CC1C. The average Bonchev–Trinajstić information content (AvgIpc) is 2.77. The highest BCUT2D eigenvalue weighted by molar-refractivity contribution is 7.99. The second-order valence-corrected chi connectivity index (χ2v) is 10.2. The second-order valence-electron chi connectivity index (χ2n) is 8.90.